The van der Waals surface area contributed by atoms with E-state index in [0.717, 1.165) is 28.3 Å². The number of nitrogens with zero attached hydrogens (tertiary/aromatic N) is 2. The second-order valence-electron chi connectivity index (χ2n) is 16.1. The average molecular weight is 771 g/mol. The van der Waals surface area contributed by atoms with Crippen molar-refractivity contribution < 1.29 is 0 Å². The van der Waals surface area contributed by atoms with Crippen LogP contribution in [0.2, 0.25) is 0 Å². The van der Waals surface area contributed by atoms with E-state index in [2.05, 4.69) is 243 Å². The summed E-state index contributed by atoms with van der Waals surface area (Å²) in [4.78, 5) is 2.46. The highest BCUT2D eigenvalue weighted by Crippen LogP contribution is 2.57. The molecule has 0 saturated carbocycles. The van der Waals surface area contributed by atoms with Crippen LogP contribution in [0.3, 0.4) is 0 Å². The van der Waals surface area contributed by atoms with Gasteiger partial charge in [0.15, 0.2) is 0 Å². The number of allylic oxidation sites excluding steroid dienone is 1. The van der Waals surface area contributed by atoms with Crippen LogP contribution in [0.5, 0.6) is 0 Å². The zero-order valence-corrected chi connectivity index (χ0v) is 34.3. The van der Waals surface area contributed by atoms with Gasteiger partial charge in [0.05, 0.1) is 16.9 Å². The van der Waals surface area contributed by atoms with E-state index in [9.17, 15) is 0 Å². The van der Waals surface area contributed by atoms with Gasteiger partial charge in [-0.25, -0.2) is 0 Å². The fraction of sp³-hybridized carbons (Fsp3) is 0.0690. The molecule has 2 heteroatoms. The van der Waals surface area contributed by atoms with E-state index in [1.807, 2.05) is 6.08 Å². The Hall–Kier alpha value is -7.42. The van der Waals surface area contributed by atoms with E-state index < -0.39 is 0 Å². The van der Waals surface area contributed by atoms with Gasteiger partial charge in [0.1, 0.15) is 0 Å². The molecule has 1 aliphatic carbocycles. The fourth-order valence-corrected chi connectivity index (χ4v) is 9.51. The first-order valence-corrected chi connectivity index (χ1v) is 20.8. The molecule has 0 radical (unpaired) electrons. The molecule has 9 aromatic rings. The van der Waals surface area contributed by atoms with Crippen LogP contribution < -0.4 is 4.90 Å². The lowest BCUT2D eigenvalue weighted by Crippen LogP contribution is -2.20. The first-order chi connectivity index (χ1) is 29.5. The number of para-hydroxylation sites is 1. The quantitative estimate of drug-likeness (QED) is 0.142. The number of rotatable bonds is 9. The Kier molecular flexibility index (Phi) is 9.26. The van der Waals surface area contributed by atoms with Crippen LogP contribution in [0.4, 0.5) is 17.1 Å². The molecule has 0 spiro atoms. The highest BCUT2D eigenvalue weighted by molar-refractivity contribution is 6.02. The van der Waals surface area contributed by atoms with Crippen LogP contribution in [0.25, 0.3) is 73.2 Å². The van der Waals surface area contributed by atoms with Gasteiger partial charge in [0.25, 0.3) is 0 Å². The number of benzene rings is 8. The lowest BCUT2D eigenvalue weighted by atomic mass is 9.80. The lowest BCUT2D eigenvalue weighted by molar-refractivity contribution is 0.661. The number of hydrogen-bond acceptors (Lipinski definition) is 1. The second kappa shape index (κ2) is 15.1. The molecular formula is C58H46N2. The minimum Gasteiger partial charge on any atom is -0.310 e. The first-order valence-electron chi connectivity index (χ1n) is 20.8. The predicted molar refractivity (Wildman–Crippen MR) is 257 cm³/mol. The highest BCUT2D eigenvalue weighted by Gasteiger charge is 2.40. The molecule has 1 aliphatic rings. The van der Waals surface area contributed by atoms with E-state index in [1.54, 1.807) is 0 Å². The second-order valence-corrected chi connectivity index (χ2v) is 16.1. The lowest BCUT2D eigenvalue weighted by Gasteiger charge is -2.33. The van der Waals surface area contributed by atoms with Gasteiger partial charge in [-0.1, -0.05) is 172 Å². The van der Waals surface area contributed by atoms with Crippen molar-refractivity contribution in [3.63, 3.8) is 0 Å². The van der Waals surface area contributed by atoms with Gasteiger partial charge in [-0.3, -0.25) is 0 Å². The maximum Gasteiger partial charge on any atom is 0.0541 e. The maximum atomic E-state index is 4.28. The van der Waals surface area contributed by atoms with E-state index >= 15 is 0 Å². The number of aromatic nitrogens is 1. The molecular weight excluding hydrogens is 725 g/mol. The molecule has 1 heterocycles. The zero-order valence-electron chi connectivity index (χ0n) is 34.3. The first kappa shape index (κ1) is 36.9. The van der Waals surface area contributed by atoms with Crippen molar-refractivity contribution in [2.75, 3.05) is 4.90 Å². The topological polar surface area (TPSA) is 8.17 Å². The monoisotopic (exact) mass is 770 g/mol. The van der Waals surface area contributed by atoms with Crippen molar-refractivity contribution >= 4 is 40.1 Å². The summed E-state index contributed by atoms with van der Waals surface area (Å²) in [7, 11) is 0. The van der Waals surface area contributed by atoms with Crippen molar-refractivity contribution in [1.82, 2.24) is 4.57 Å². The molecule has 0 aliphatic heterocycles. The minimum absolute atomic E-state index is 0.281. The molecule has 0 unspecified atom stereocenters. The van der Waals surface area contributed by atoms with Crippen LogP contribution >= 0.6 is 0 Å². The van der Waals surface area contributed by atoms with E-state index in [-0.39, 0.29) is 5.41 Å². The largest absolute Gasteiger partial charge is 0.310 e. The van der Waals surface area contributed by atoms with E-state index in [0.29, 0.717) is 0 Å². The Morgan fingerprint density at radius 1 is 0.533 bits per heavy atom. The van der Waals surface area contributed by atoms with Crippen LogP contribution in [-0.4, -0.2) is 4.57 Å². The van der Waals surface area contributed by atoms with E-state index in [1.165, 1.54) is 72.3 Å². The van der Waals surface area contributed by atoms with Crippen molar-refractivity contribution in [3.05, 3.63) is 229 Å². The molecule has 0 amide bonds. The van der Waals surface area contributed by atoms with Gasteiger partial charge in [0, 0.05) is 33.4 Å². The van der Waals surface area contributed by atoms with Crippen LogP contribution in [0, 0.1) is 0 Å². The molecule has 8 aromatic carbocycles. The van der Waals surface area contributed by atoms with Crippen LogP contribution in [0.1, 0.15) is 43.2 Å². The molecule has 10 rings (SSSR count). The molecule has 288 valence electrons. The normalized spacial score (nSPS) is 12.7. The third kappa shape index (κ3) is 6.12. The summed E-state index contributed by atoms with van der Waals surface area (Å²) < 4.78 is 2.33. The van der Waals surface area contributed by atoms with Gasteiger partial charge in [-0.05, 0) is 123 Å². The standard InChI is InChI=1S/C58H46N2/c1-5-18-49-51-39-44(31-37-54(51)60(53(49)6-2)45-23-14-9-15-24-45)48-36-38-55(57-56(48)50-25-16-17-26-52(50)58(57,3)4)59(46-32-27-42(28-33-46)40-19-10-7-11-20-40)47-34-29-43(30-35-47)41-21-12-8-13-22-41/h5-39H,2H2,1,3-4H3/b18-5-. The summed E-state index contributed by atoms with van der Waals surface area (Å²) in [5.74, 6) is 0. The Balaban J connectivity index is 1.20. The fourth-order valence-electron chi connectivity index (χ4n) is 9.51. The predicted octanol–water partition coefficient (Wildman–Crippen LogP) is 16.1. The molecule has 1 aromatic heterocycles. The summed E-state index contributed by atoms with van der Waals surface area (Å²) >= 11 is 0. The molecule has 2 nitrogen and oxygen atoms in total. The Morgan fingerprint density at radius 3 is 1.65 bits per heavy atom. The molecule has 60 heavy (non-hydrogen) atoms. The SMILES string of the molecule is C=Cc1c(/C=C\C)c2cc(-c3ccc(N(c4ccc(-c5ccccc5)cc4)c4ccc(-c5ccccc5)cc4)c4c3-c3ccccc3C4(C)C)ccc2n1-c1ccccc1. The summed E-state index contributed by atoms with van der Waals surface area (Å²) in [5, 5.41) is 1.20. The van der Waals surface area contributed by atoms with Crippen LogP contribution in [0.15, 0.2) is 207 Å². The van der Waals surface area contributed by atoms with Crippen molar-refractivity contribution in [3.8, 4) is 50.2 Å². The molecule has 0 saturated heterocycles. The Labute approximate surface area is 353 Å². The number of fused-ring (bicyclic) bond motifs is 4. The molecule has 0 fully saturated rings. The summed E-state index contributed by atoms with van der Waals surface area (Å²) in [6.45, 7) is 11.2. The summed E-state index contributed by atoms with van der Waals surface area (Å²) in [6, 6.07) is 70.6. The highest BCUT2D eigenvalue weighted by atomic mass is 15.1. The van der Waals surface area contributed by atoms with Gasteiger partial charge in [-0.15, -0.1) is 0 Å². The zero-order chi connectivity index (χ0) is 40.8. The third-order valence-electron chi connectivity index (χ3n) is 12.3. The number of hydrogen-bond donors (Lipinski definition) is 0. The average Bonchev–Trinajstić information content (AvgIpc) is 3.75. The van der Waals surface area contributed by atoms with Gasteiger partial charge in [0.2, 0.25) is 0 Å². The third-order valence-corrected chi connectivity index (χ3v) is 12.3. The van der Waals surface area contributed by atoms with Gasteiger partial charge < -0.3 is 9.47 Å². The van der Waals surface area contributed by atoms with Crippen LogP contribution in [-0.2, 0) is 5.41 Å². The van der Waals surface area contributed by atoms with Crippen molar-refractivity contribution in [2.45, 2.75) is 26.2 Å². The molecule has 0 atom stereocenters. The summed E-state index contributed by atoms with van der Waals surface area (Å²) in [6.07, 6.45) is 6.33. The van der Waals surface area contributed by atoms with Gasteiger partial charge in [-0.2, -0.15) is 0 Å². The van der Waals surface area contributed by atoms with Crippen molar-refractivity contribution in [1.29, 1.82) is 0 Å². The smallest absolute Gasteiger partial charge is 0.0541 e. The maximum absolute atomic E-state index is 4.28. The van der Waals surface area contributed by atoms with E-state index in [4.69, 9.17) is 0 Å². The summed E-state index contributed by atoms with van der Waals surface area (Å²) in [5.41, 5.74) is 20.1. The Bertz CT molecular complexity index is 2960. The molecule has 0 N–H and O–H groups in total. The van der Waals surface area contributed by atoms with Gasteiger partial charge >= 0.3 is 0 Å². The Morgan fingerprint density at radius 2 is 1.07 bits per heavy atom. The molecule has 0 bridgehead atoms. The number of anilines is 3. The van der Waals surface area contributed by atoms with Crippen molar-refractivity contribution in [2.24, 2.45) is 0 Å². The minimum atomic E-state index is -0.281.